The van der Waals surface area contributed by atoms with Crippen LogP contribution in [0.4, 0.5) is 0 Å². The Morgan fingerprint density at radius 3 is 2.37 bits per heavy atom. The minimum absolute atomic E-state index is 0.208. The van der Waals surface area contributed by atoms with Crippen LogP contribution in [0.3, 0.4) is 0 Å². The zero-order chi connectivity index (χ0) is 13.8. The molecule has 19 heavy (non-hydrogen) atoms. The Kier molecular flexibility index (Phi) is 5.43. The van der Waals surface area contributed by atoms with E-state index < -0.39 is 0 Å². The summed E-state index contributed by atoms with van der Waals surface area (Å²) < 4.78 is 1.13. The molecule has 1 aliphatic carbocycles. The first-order valence-electron chi connectivity index (χ1n) is 7.40. The minimum atomic E-state index is 0.208. The van der Waals surface area contributed by atoms with Gasteiger partial charge in [-0.1, -0.05) is 41.9 Å². The lowest BCUT2D eigenvalue weighted by Gasteiger charge is -2.35. The van der Waals surface area contributed by atoms with Crippen molar-refractivity contribution in [2.75, 3.05) is 13.1 Å². The third-order valence-electron chi connectivity index (χ3n) is 4.08. The molecule has 3 heteroatoms. The zero-order valence-electron chi connectivity index (χ0n) is 12.0. The second kappa shape index (κ2) is 6.87. The first kappa shape index (κ1) is 15.0. The molecule has 1 aromatic carbocycles. The van der Waals surface area contributed by atoms with E-state index in [0.29, 0.717) is 6.04 Å². The first-order valence-corrected chi connectivity index (χ1v) is 8.20. The van der Waals surface area contributed by atoms with Crippen molar-refractivity contribution in [1.82, 2.24) is 4.90 Å². The standard InChI is InChI=1S/C16H25BrN2/c1-3-15(18)16(13-7-9-14(17)10-8-13)19(4-2)11-12-5-6-12/h7-10,12,15-16H,3-6,11,18H2,1-2H3. The van der Waals surface area contributed by atoms with E-state index in [1.807, 2.05) is 0 Å². The van der Waals surface area contributed by atoms with Crippen molar-refractivity contribution in [1.29, 1.82) is 0 Å². The number of halogens is 1. The molecule has 1 aliphatic rings. The molecule has 0 bridgehead atoms. The molecule has 1 saturated carbocycles. The van der Waals surface area contributed by atoms with Crippen molar-refractivity contribution in [3.05, 3.63) is 34.3 Å². The van der Waals surface area contributed by atoms with Gasteiger partial charge in [0.05, 0.1) is 0 Å². The molecule has 0 radical (unpaired) electrons. The lowest BCUT2D eigenvalue weighted by atomic mass is 9.96. The van der Waals surface area contributed by atoms with Gasteiger partial charge >= 0.3 is 0 Å². The van der Waals surface area contributed by atoms with Gasteiger partial charge in [0.2, 0.25) is 0 Å². The predicted molar refractivity (Wildman–Crippen MR) is 85.1 cm³/mol. The van der Waals surface area contributed by atoms with E-state index in [9.17, 15) is 0 Å². The number of rotatable bonds is 7. The predicted octanol–water partition coefficient (Wildman–Crippen LogP) is 3.96. The summed E-state index contributed by atoms with van der Waals surface area (Å²) in [6.45, 7) is 6.70. The van der Waals surface area contributed by atoms with Crippen LogP contribution in [0.25, 0.3) is 0 Å². The largest absolute Gasteiger partial charge is 0.326 e. The Bertz CT molecular complexity index is 386. The Morgan fingerprint density at radius 1 is 1.26 bits per heavy atom. The third kappa shape index (κ3) is 4.04. The van der Waals surface area contributed by atoms with Crippen molar-refractivity contribution >= 4 is 15.9 Å². The van der Waals surface area contributed by atoms with Gasteiger partial charge in [0.25, 0.3) is 0 Å². The SMILES string of the molecule is CCC(N)C(c1ccc(Br)cc1)N(CC)CC1CC1. The lowest BCUT2D eigenvalue weighted by molar-refractivity contribution is 0.170. The molecule has 0 amide bonds. The van der Waals surface area contributed by atoms with Gasteiger partial charge in [-0.2, -0.15) is 0 Å². The number of likely N-dealkylation sites (N-methyl/N-ethyl adjacent to an activating group) is 1. The third-order valence-corrected chi connectivity index (χ3v) is 4.61. The van der Waals surface area contributed by atoms with Crippen molar-refractivity contribution < 1.29 is 0 Å². The van der Waals surface area contributed by atoms with Crippen molar-refractivity contribution in [3.63, 3.8) is 0 Å². The van der Waals surface area contributed by atoms with Crippen LogP contribution in [0.2, 0.25) is 0 Å². The van der Waals surface area contributed by atoms with Crippen molar-refractivity contribution in [3.8, 4) is 0 Å². The molecule has 2 N–H and O–H groups in total. The Morgan fingerprint density at radius 2 is 1.89 bits per heavy atom. The van der Waals surface area contributed by atoms with E-state index in [1.165, 1.54) is 24.9 Å². The summed E-state index contributed by atoms with van der Waals surface area (Å²) in [6.07, 6.45) is 3.80. The molecule has 1 fully saturated rings. The topological polar surface area (TPSA) is 29.3 Å². The number of hydrogen-bond acceptors (Lipinski definition) is 2. The number of nitrogens with two attached hydrogens (primary N) is 1. The molecule has 2 nitrogen and oxygen atoms in total. The summed E-state index contributed by atoms with van der Waals surface area (Å²) in [5, 5.41) is 0. The summed E-state index contributed by atoms with van der Waals surface area (Å²) in [5.74, 6) is 0.905. The van der Waals surface area contributed by atoms with Crippen LogP contribution in [0.1, 0.15) is 44.7 Å². The molecule has 0 spiro atoms. The molecule has 0 heterocycles. The normalized spacial score (nSPS) is 18.6. The maximum atomic E-state index is 6.41. The highest BCUT2D eigenvalue weighted by Crippen LogP contribution is 2.34. The van der Waals surface area contributed by atoms with E-state index in [2.05, 4.69) is 58.9 Å². The van der Waals surface area contributed by atoms with E-state index in [1.54, 1.807) is 0 Å². The highest BCUT2D eigenvalue weighted by molar-refractivity contribution is 9.10. The molecule has 2 atom stereocenters. The van der Waals surface area contributed by atoms with Crippen LogP contribution in [-0.2, 0) is 0 Å². The van der Waals surface area contributed by atoms with Crippen LogP contribution in [0, 0.1) is 5.92 Å². The molecule has 0 saturated heterocycles. The summed E-state index contributed by atoms with van der Waals surface area (Å²) in [5.41, 5.74) is 7.75. The molecule has 2 unspecified atom stereocenters. The average Bonchev–Trinajstić information content (AvgIpc) is 3.23. The van der Waals surface area contributed by atoms with Crippen molar-refractivity contribution in [2.24, 2.45) is 11.7 Å². The molecule has 0 aromatic heterocycles. The first-order chi connectivity index (χ1) is 9.15. The average molecular weight is 325 g/mol. The fraction of sp³-hybridized carbons (Fsp3) is 0.625. The molecule has 1 aromatic rings. The van der Waals surface area contributed by atoms with E-state index in [4.69, 9.17) is 5.73 Å². The summed E-state index contributed by atoms with van der Waals surface area (Å²) in [7, 11) is 0. The van der Waals surface area contributed by atoms with Crippen molar-refractivity contribution in [2.45, 2.75) is 45.2 Å². The number of nitrogens with zero attached hydrogens (tertiary/aromatic N) is 1. The van der Waals surface area contributed by atoms with Gasteiger partial charge in [-0.15, -0.1) is 0 Å². The fourth-order valence-corrected chi connectivity index (χ4v) is 2.95. The zero-order valence-corrected chi connectivity index (χ0v) is 13.6. The molecule has 106 valence electrons. The smallest absolute Gasteiger partial charge is 0.0499 e. The molecular formula is C16H25BrN2. The van der Waals surface area contributed by atoms with Gasteiger partial charge in [0, 0.05) is 23.1 Å². The Balaban J connectivity index is 2.19. The van der Waals surface area contributed by atoms with Crippen LogP contribution >= 0.6 is 15.9 Å². The van der Waals surface area contributed by atoms with Crippen LogP contribution in [0.5, 0.6) is 0 Å². The highest BCUT2D eigenvalue weighted by Gasteiger charge is 2.30. The van der Waals surface area contributed by atoms with E-state index >= 15 is 0 Å². The van der Waals surface area contributed by atoms with Crippen LogP contribution in [0.15, 0.2) is 28.7 Å². The van der Waals surface area contributed by atoms with Gasteiger partial charge in [-0.25, -0.2) is 0 Å². The maximum Gasteiger partial charge on any atom is 0.0499 e. The molecular weight excluding hydrogens is 300 g/mol. The maximum absolute atomic E-state index is 6.41. The molecule has 2 rings (SSSR count). The number of benzene rings is 1. The van der Waals surface area contributed by atoms with E-state index in [-0.39, 0.29) is 6.04 Å². The lowest BCUT2D eigenvalue weighted by Crippen LogP contribution is -2.41. The van der Waals surface area contributed by atoms with Gasteiger partial charge in [-0.3, -0.25) is 4.90 Å². The fourth-order valence-electron chi connectivity index (χ4n) is 2.68. The van der Waals surface area contributed by atoms with Crippen LogP contribution < -0.4 is 5.73 Å². The summed E-state index contributed by atoms with van der Waals surface area (Å²) in [4.78, 5) is 2.56. The second-order valence-corrected chi connectivity index (χ2v) is 6.52. The summed E-state index contributed by atoms with van der Waals surface area (Å²) >= 11 is 3.51. The van der Waals surface area contributed by atoms with Gasteiger partial charge in [0.15, 0.2) is 0 Å². The Hall–Kier alpha value is -0.380. The quantitative estimate of drug-likeness (QED) is 0.822. The molecule has 0 aliphatic heterocycles. The second-order valence-electron chi connectivity index (χ2n) is 5.60. The monoisotopic (exact) mass is 324 g/mol. The van der Waals surface area contributed by atoms with E-state index in [0.717, 1.165) is 23.4 Å². The van der Waals surface area contributed by atoms with Gasteiger partial charge < -0.3 is 5.73 Å². The van der Waals surface area contributed by atoms with Gasteiger partial charge in [0.1, 0.15) is 0 Å². The van der Waals surface area contributed by atoms with Gasteiger partial charge in [-0.05, 0) is 49.4 Å². The highest BCUT2D eigenvalue weighted by atomic mass is 79.9. The summed E-state index contributed by atoms with van der Waals surface area (Å²) in [6, 6.07) is 9.22. The Labute approximate surface area is 125 Å². The van der Waals surface area contributed by atoms with Crippen LogP contribution in [-0.4, -0.2) is 24.0 Å². The number of hydrogen-bond donors (Lipinski definition) is 1. The minimum Gasteiger partial charge on any atom is -0.326 e.